The van der Waals surface area contributed by atoms with E-state index in [0.29, 0.717) is 25.1 Å². The van der Waals surface area contributed by atoms with Gasteiger partial charge in [0.1, 0.15) is 11.6 Å². The first kappa shape index (κ1) is 30.3. The van der Waals surface area contributed by atoms with Crippen LogP contribution in [0.1, 0.15) is 62.8 Å². The molecule has 218 valence electrons. The molecular formula is C34H38N4O4. The molecule has 0 aliphatic carbocycles. The van der Waals surface area contributed by atoms with Gasteiger partial charge in [-0.25, -0.2) is 4.79 Å². The van der Waals surface area contributed by atoms with Gasteiger partial charge in [-0.2, -0.15) is 5.26 Å². The molecule has 8 heteroatoms. The summed E-state index contributed by atoms with van der Waals surface area (Å²) in [5, 5.41) is 14.9. The lowest BCUT2D eigenvalue weighted by Crippen LogP contribution is -2.49. The lowest BCUT2D eigenvalue weighted by Gasteiger charge is -2.26. The molecule has 1 fully saturated rings. The van der Waals surface area contributed by atoms with Crippen LogP contribution in [-0.4, -0.2) is 47.5 Å². The van der Waals surface area contributed by atoms with Crippen molar-refractivity contribution >= 4 is 17.9 Å². The van der Waals surface area contributed by atoms with E-state index in [1.165, 1.54) is 0 Å². The van der Waals surface area contributed by atoms with Gasteiger partial charge < -0.3 is 20.3 Å². The van der Waals surface area contributed by atoms with Crippen molar-refractivity contribution in [3.8, 4) is 17.2 Å². The molecule has 0 spiro atoms. The fraction of sp³-hybridized carbons (Fsp3) is 0.353. The zero-order valence-corrected chi connectivity index (χ0v) is 24.4. The van der Waals surface area contributed by atoms with Crippen LogP contribution in [0.2, 0.25) is 0 Å². The Morgan fingerprint density at radius 3 is 2.10 bits per heavy atom. The van der Waals surface area contributed by atoms with E-state index in [1.807, 2.05) is 54.6 Å². The Morgan fingerprint density at radius 2 is 1.50 bits per heavy atom. The van der Waals surface area contributed by atoms with E-state index >= 15 is 0 Å². The topological polar surface area (TPSA) is 112 Å². The van der Waals surface area contributed by atoms with Crippen molar-refractivity contribution in [3.05, 3.63) is 95.6 Å². The van der Waals surface area contributed by atoms with Gasteiger partial charge in [-0.15, -0.1) is 0 Å². The maximum Gasteiger partial charge on any atom is 0.408 e. The number of benzene rings is 3. The van der Waals surface area contributed by atoms with Gasteiger partial charge in [0, 0.05) is 19.5 Å². The predicted molar refractivity (Wildman–Crippen MR) is 161 cm³/mol. The molecule has 1 heterocycles. The van der Waals surface area contributed by atoms with E-state index in [1.54, 1.807) is 49.9 Å². The highest BCUT2D eigenvalue weighted by Gasteiger charge is 2.30. The second-order valence-electron chi connectivity index (χ2n) is 11.6. The van der Waals surface area contributed by atoms with Gasteiger partial charge in [0.2, 0.25) is 11.8 Å². The number of nitrogens with zero attached hydrogens (tertiary/aromatic N) is 2. The highest BCUT2D eigenvalue weighted by Crippen LogP contribution is 2.24. The Labute approximate surface area is 247 Å². The number of amides is 3. The van der Waals surface area contributed by atoms with Crippen LogP contribution < -0.4 is 10.6 Å². The van der Waals surface area contributed by atoms with Gasteiger partial charge in [-0.3, -0.25) is 9.59 Å². The average molecular weight is 567 g/mol. The Balaban J connectivity index is 1.53. The van der Waals surface area contributed by atoms with Crippen LogP contribution in [0.15, 0.2) is 78.9 Å². The molecule has 1 saturated heterocycles. The lowest BCUT2D eigenvalue weighted by molar-refractivity contribution is -0.135. The van der Waals surface area contributed by atoms with Gasteiger partial charge >= 0.3 is 6.09 Å². The van der Waals surface area contributed by atoms with E-state index in [9.17, 15) is 14.4 Å². The smallest absolute Gasteiger partial charge is 0.408 e. The number of rotatable bonds is 9. The van der Waals surface area contributed by atoms with Crippen molar-refractivity contribution in [3.63, 3.8) is 0 Å². The third kappa shape index (κ3) is 8.68. The molecule has 0 aromatic heterocycles. The third-order valence-electron chi connectivity index (χ3n) is 7.07. The molecule has 2 N–H and O–H groups in total. The molecule has 0 bridgehead atoms. The fourth-order valence-electron chi connectivity index (χ4n) is 4.99. The van der Waals surface area contributed by atoms with Gasteiger partial charge in [0.25, 0.3) is 0 Å². The molecule has 1 aliphatic rings. The summed E-state index contributed by atoms with van der Waals surface area (Å²) >= 11 is 0. The average Bonchev–Trinajstić information content (AvgIpc) is 3.51. The Hall–Kier alpha value is -4.64. The number of nitriles is 1. The van der Waals surface area contributed by atoms with Crippen molar-refractivity contribution in [2.24, 2.45) is 0 Å². The van der Waals surface area contributed by atoms with Crippen LogP contribution in [0.4, 0.5) is 4.79 Å². The number of ether oxygens (including phenoxy) is 1. The number of nitrogens with one attached hydrogen (secondary N) is 2. The minimum Gasteiger partial charge on any atom is -0.444 e. The Morgan fingerprint density at radius 1 is 0.881 bits per heavy atom. The second kappa shape index (κ2) is 13.8. The Bertz CT molecular complexity index is 1400. The third-order valence-corrected chi connectivity index (χ3v) is 7.07. The van der Waals surface area contributed by atoms with Gasteiger partial charge in [0.05, 0.1) is 24.1 Å². The zero-order valence-electron chi connectivity index (χ0n) is 24.4. The summed E-state index contributed by atoms with van der Waals surface area (Å²) in [5.74, 6) is -0.497. The molecule has 4 rings (SSSR count). The van der Waals surface area contributed by atoms with Crippen molar-refractivity contribution in [2.75, 3.05) is 13.1 Å². The molecule has 3 aromatic rings. The highest BCUT2D eigenvalue weighted by molar-refractivity contribution is 5.88. The van der Waals surface area contributed by atoms with Gasteiger partial charge in [-0.05, 0) is 68.0 Å². The van der Waals surface area contributed by atoms with E-state index in [-0.39, 0.29) is 18.2 Å². The number of hydrogen-bond acceptors (Lipinski definition) is 5. The van der Waals surface area contributed by atoms with Crippen LogP contribution in [-0.2, 0) is 20.7 Å². The molecule has 0 saturated carbocycles. The normalized spacial score (nSPS) is 14.4. The first-order valence-corrected chi connectivity index (χ1v) is 14.3. The molecule has 2 unspecified atom stereocenters. The predicted octanol–water partition coefficient (Wildman–Crippen LogP) is 5.53. The number of alkyl carbamates (subject to hydrolysis) is 1. The molecule has 42 heavy (non-hydrogen) atoms. The largest absolute Gasteiger partial charge is 0.444 e. The minimum absolute atomic E-state index is 0.0823. The number of likely N-dealkylation sites (tertiary alicyclic amines) is 1. The molecule has 2 atom stereocenters. The van der Waals surface area contributed by atoms with Crippen LogP contribution >= 0.6 is 0 Å². The lowest BCUT2D eigenvalue weighted by atomic mass is 9.98. The maximum atomic E-state index is 13.5. The number of carbonyl (C=O) groups excluding carboxylic acids is 3. The van der Waals surface area contributed by atoms with Crippen molar-refractivity contribution in [1.29, 1.82) is 5.26 Å². The van der Waals surface area contributed by atoms with Gasteiger partial charge in [0.15, 0.2) is 0 Å². The van der Waals surface area contributed by atoms with Crippen LogP contribution in [0.25, 0.3) is 11.1 Å². The number of carbonyl (C=O) groups is 3. The van der Waals surface area contributed by atoms with E-state index < -0.39 is 23.8 Å². The summed E-state index contributed by atoms with van der Waals surface area (Å²) in [6, 6.07) is 25.3. The molecule has 0 radical (unpaired) electrons. The van der Waals surface area contributed by atoms with Crippen LogP contribution in [0, 0.1) is 11.3 Å². The summed E-state index contributed by atoms with van der Waals surface area (Å²) < 4.78 is 5.48. The van der Waals surface area contributed by atoms with E-state index in [4.69, 9.17) is 10.00 Å². The Kier molecular flexibility index (Phi) is 9.98. The fourth-order valence-corrected chi connectivity index (χ4v) is 4.99. The van der Waals surface area contributed by atoms with Crippen LogP contribution in [0.3, 0.4) is 0 Å². The van der Waals surface area contributed by atoms with E-state index in [2.05, 4.69) is 16.7 Å². The molecule has 3 aromatic carbocycles. The molecular weight excluding hydrogens is 528 g/mol. The highest BCUT2D eigenvalue weighted by atomic mass is 16.6. The number of hydrogen-bond donors (Lipinski definition) is 2. The maximum absolute atomic E-state index is 13.5. The first-order valence-electron chi connectivity index (χ1n) is 14.3. The molecule has 8 nitrogen and oxygen atoms in total. The van der Waals surface area contributed by atoms with Crippen LogP contribution in [0.5, 0.6) is 0 Å². The standard InChI is InChI=1S/C34H38N4O4/c1-34(2,3)42-33(41)37-29(28-17-15-27(16-18-28)26-9-5-4-6-10-26)22-31(39)36-30(32(40)38-19-7-8-20-38)21-24-11-13-25(23-35)14-12-24/h4-6,9-18,29-30H,7-8,19-22H2,1-3H3,(H,36,39)(H,37,41). The summed E-state index contributed by atoms with van der Waals surface area (Å²) in [7, 11) is 0. The quantitative estimate of drug-likeness (QED) is 0.354. The second-order valence-corrected chi connectivity index (χ2v) is 11.6. The molecule has 3 amide bonds. The monoisotopic (exact) mass is 566 g/mol. The summed E-state index contributed by atoms with van der Waals surface area (Å²) in [6.07, 6.45) is 1.45. The van der Waals surface area contributed by atoms with E-state index in [0.717, 1.165) is 35.1 Å². The van der Waals surface area contributed by atoms with Crippen molar-refractivity contribution in [2.45, 2.75) is 64.1 Å². The van der Waals surface area contributed by atoms with Crippen molar-refractivity contribution < 1.29 is 19.1 Å². The van der Waals surface area contributed by atoms with Crippen molar-refractivity contribution in [1.82, 2.24) is 15.5 Å². The summed E-state index contributed by atoms with van der Waals surface area (Å²) in [4.78, 5) is 41.5. The van der Waals surface area contributed by atoms with Gasteiger partial charge in [-0.1, -0.05) is 66.7 Å². The summed E-state index contributed by atoms with van der Waals surface area (Å²) in [6.45, 7) is 6.66. The summed E-state index contributed by atoms with van der Waals surface area (Å²) in [5.41, 5.74) is 3.47. The molecule has 1 aliphatic heterocycles. The minimum atomic E-state index is -0.772. The SMILES string of the molecule is CC(C)(C)OC(=O)NC(CC(=O)NC(Cc1ccc(C#N)cc1)C(=O)N1CCCC1)c1ccc(-c2ccccc2)cc1. The zero-order chi connectivity index (χ0) is 30.1. The first-order chi connectivity index (χ1) is 20.1.